The first-order valence-corrected chi connectivity index (χ1v) is 15.9. The van der Waals surface area contributed by atoms with Gasteiger partial charge in [-0.1, -0.05) is 48.0 Å². The van der Waals surface area contributed by atoms with E-state index in [2.05, 4.69) is 15.2 Å². The SMILES string of the molecule is COC(=O)C1=C(CN2CCN(C(=O)C[C@H](Cc3ccccc3)C(=O)O)C(CN)C2)NC(c2nccs2)=N[C@H]1c1ccc(F)cc1Cl. The number of hydrogen-bond donors (Lipinski definition) is 3. The number of aliphatic imine (C=N–C) groups is 1. The van der Waals surface area contributed by atoms with Crippen molar-refractivity contribution in [2.45, 2.75) is 24.9 Å². The second-order valence-corrected chi connectivity index (χ2v) is 12.3. The summed E-state index contributed by atoms with van der Waals surface area (Å²) in [5, 5.41) is 15.6. The smallest absolute Gasteiger partial charge is 0.338 e. The molecule has 0 radical (unpaired) electrons. The molecule has 0 bridgehead atoms. The average molecular weight is 669 g/mol. The van der Waals surface area contributed by atoms with Crippen LogP contribution in [0.2, 0.25) is 5.02 Å². The summed E-state index contributed by atoms with van der Waals surface area (Å²) in [6.07, 6.45) is 1.74. The molecule has 11 nitrogen and oxygen atoms in total. The normalized spacial score (nSPS) is 19.3. The number of amidine groups is 1. The van der Waals surface area contributed by atoms with Crippen molar-refractivity contribution in [2.24, 2.45) is 16.6 Å². The molecule has 1 unspecified atom stereocenters. The van der Waals surface area contributed by atoms with Gasteiger partial charge in [-0.3, -0.25) is 19.5 Å². The number of carbonyl (C=O) groups is 3. The van der Waals surface area contributed by atoms with Crippen LogP contribution in [0.15, 0.2) is 76.4 Å². The van der Waals surface area contributed by atoms with Gasteiger partial charge in [-0.2, -0.15) is 0 Å². The zero-order valence-electron chi connectivity index (χ0n) is 25.1. The first-order valence-electron chi connectivity index (χ1n) is 14.7. The fourth-order valence-corrected chi connectivity index (χ4v) is 6.62. The molecule has 2 aromatic carbocycles. The third-order valence-corrected chi connectivity index (χ3v) is 9.17. The van der Waals surface area contributed by atoms with E-state index in [-0.39, 0.29) is 48.5 Å². The van der Waals surface area contributed by atoms with E-state index in [4.69, 9.17) is 27.1 Å². The second kappa shape index (κ2) is 14.9. The number of benzene rings is 2. The van der Waals surface area contributed by atoms with Crippen LogP contribution >= 0.6 is 22.9 Å². The number of rotatable bonds is 11. The Hall–Kier alpha value is -4.17. The van der Waals surface area contributed by atoms with Crippen molar-refractivity contribution in [1.29, 1.82) is 0 Å². The summed E-state index contributed by atoms with van der Waals surface area (Å²) in [6, 6.07) is 11.9. The molecule has 14 heteroatoms. The number of nitrogens with zero attached hydrogens (tertiary/aromatic N) is 4. The van der Waals surface area contributed by atoms with Gasteiger partial charge in [0.05, 0.1) is 24.6 Å². The number of hydrogen-bond acceptors (Lipinski definition) is 10. The third kappa shape index (κ3) is 7.61. The summed E-state index contributed by atoms with van der Waals surface area (Å²) in [6.45, 7) is 1.54. The maximum Gasteiger partial charge on any atom is 0.338 e. The van der Waals surface area contributed by atoms with Crippen molar-refractivity contribution in [3.8, 4) is 0 Å². The van der Waals surface area contributed by atoms with E-state index in [1.54, 1.807) is 16.5 Å². The molecule has 3 aromatic rings. The van der Waals surface area contributed by atoms with Crippen molar-refractivity contribution in [1.82, 2.24) is 20.1 Å². The molecule has 1 aromatic heterocycles. The molecule has 4 N–H and O–H groups in total. The Balaban J connectivity index is 1.37. The molecule has 1 fully saturated rings. The Morgan fingerprint density at radius 2 is 2.00 bits per heavy atom. The highest BCUT2D eigenvalue weighted by Gasteiger charge is 2.37. The summed E-state index contributed by atoms with van der Waals surface area (Å²) in [4.78, 5) is 51.6. The summed E-state index contributed by atoms with van der Waals surface area (Å²) >= 11 is 7.82. The Morgan fingerprint density at radius 1 is 1.22 bits per heavy atom. The van der Waals surface area contributed by atoms with Crippen LogP contribution < -0.4 is 11.1 Å². The van der Waals surface area contributed by atoms with Gasteiger partial charge in [0.1, 0.15) is 11.9 Å². The molecule has 2 aliphatic heterocycles. The summed E-state index contributed by atoms with van der Waals surface area (Å²) in [7, 11) is 1.27. The van der Waals surface area contributed by atoms with E-state index >= 15 is 0 Å². The maximum atomic E-state index is 14.0. The van der Waals surface area contributed by atoms with Gasteiger partial charge in [0.25, 0.3) is 0 Å². The maximum absolute atomic E-state index is 14.0. The minimum atomic E-state index is -1.03. The fourth-order valence-electron chi connectivity index (χ4n) is 5.76. The van der Waals surface area contributed by atoms with Gasteiger partial charge in [0.15, 0.2) is 10.8 Å². The number of carboxylic acids is 1. The molecule has 5 rings (SSSR count). The second-order valence-electron chi connectivity index (χ2n) is 11.0. The van der Waals surface area contributed by atoms with E-state index in [1.165, 1.54) is 36.6 Å². The number of carbonyl (C=O) groups excluding carboxylic acids is 2. The molecule has 0 aliphatic carbocycles. The van der Waals surface area contributed by atoms with E-state index in [9.17, 15) is 23.9 Å². The van der Waals surface area contributed by atoms with Crippen molar-refractivity contribution in [2.75, 3.05) is 39.8 Å². The minimum absolute atomic E-state index is 0.108. The number of thiazole rings is 1. The highest BCUT2D eigenvalue weighted by Crippen LogP contribution is 2.37. The van der Waals surface area contributed by atoms with Crippen LogP contribution in [-0.4, -0.2) is 89.4 Å². The van der Waals surface area contributed by atoms with Crippen LogP contribution in [0.25, 0.3) is 0 Å². The van der Waals surface area contributed by atoms with Crippen molar-refractivity contribution in [3.05, 3.63) is 98.4 Å². The first kappa shape index (κ1) is 33.2. The van der Waals surface area contributed by atoms with Crippen molar-refractivity contribution in [3.63, 3.8) is 0 Å². The summed E-state index contributed by atoms with van der Waals surface area (Å²) < 4.78 is 19.1. The quantitative estimate of drug-likeness (QED) is 0.262. The molecule has 0 spiro atoms. The van der Waals surface area contributed by atoms with Crippen LogP contribution in [0.5, 0.6) is 0 Å². The Kier molecular flexibility index (Phi) is 10.8. The number of aromatic nitrogens is 1. The summed E-state index contributed by atoms with van der Waals surface area (Å²) in [5.41, 5.74) is 8.13. The average Bonchev–Trinajstić information content (AvgIpc) is 3.59. The van der Waals surface area contributed by atoms with Crippen LogP contribution in [0.3, 0.4) is 0 Å². The number of aliphatic carboxylic acids is 1. The zero-order chi connectivity index (χ0) is 32.8. The summed E-state index contributed by atoms with van der Waals surface area (Å²) in [5.74, 6) is -2.90. The van der Waals surface area contributed by atoms with Crippen LogP contribution in [0, 0.1) is 11.7 Å². The predicted octanol–water partition coefficient (Wildman–Crippen LogP) is 3.26. The van der Waals surface area contributed by atoms with E-state index < -0.39 is 29.7 Å². The van der Waals surface area contributed by atoms with Gasteiger partial charge in [-0.15, -0.1) is 11.3 Å². The minimum Gasteiger partial charge on any atom is -0.481 e. The van der Waals surface area contributed by atoms with E-state index in [0.29, 0.717) is 41.7 Å². The Labute approximate surface area is 274 Å². The van der Waals surface area contributed by atoms with Crippen molar-refractivity contribution >= 4 is 46.6 Å². The molecule has 3 heterocycles. The Morgan fingerprint density at radius 3 is 2.65 bits per heavy atom. The molecule has 46 heavy (non-hydrogen) atoms. The van der Waals surface area contributed by atoms with Gasteiger partial charge in [-0.25, -0.2) is 14.2 Å². The highest BCUT2D eigenvalue weighted by atomic mass is 35.5. The third-order valence-electron chi connectivity index (χ3n) is 8.06. The number of amides is 1. The number of piperazine rings is 1. The van der Waals surface area contributed by atoms with Gasteiger partial charge in [0.2, 0.25) is 5.91 Å². The molecule has 1 amide bonds. The highest BCUT2D eigenvalue weighted by molar-refractivity contribution is 7.11. The Bertz CT molecular complexity index is 1640. The number of ether oxygens (including phenoxy) is 1. The number of carboxylic acid groups (broad SMARTS) is 1. The van der Waals surface area contributed by atoms with Gasteiger partial charge < -0.3 is 25.8 Å². The van der Waals surface area contributed by atoms with Crippen LogP contribution in [0.4, 0.5) is 4.39 Å². The van der Waals surface area contributed by atoms with Crippen LogP contribution in [0.1, 0.15) is 28.6 Å². The monoisotopic (exact) mass is 668 g/mol. The lowest BCUT2D eigenvalue weighted by molar-refractivity contribution is -0.147. The lowest BCUT2D eigenvalue weighted by Crippen LogP contribution is -2.58. The van der Waals surface area contributed by atoms with E-state index in [1.807, 2.05) is 30.3 Å². The standard InChI is InChI=1S/C32H34ClFN6O5S/c1-45-32(44)27-25(37-29(30-36-9-12-46-30)38-28(27)23-8-7-21(34)15-24(23)33)18-39-10-11-40(22(16-35)17-39)26(41)14-20(31(42)43)13-19-5-3-2-4-6-19/h2-9,12,15,20,22,28H,10-11,13-14,16-18,35H2,1H3,(H,37,38)(H,42,43)/t20-,22?,28-/m0/s1. The lowest BCUT2D eigenvalue weighted by atomic mass is 9.94. The predicted molar refractivity (Wildman–Crippen MR) is 172 cm³/mol. The molecule has 3 atom stereocenters. The zero-order valence-corrected chi connectivity index (χ0v) is 26.6. The number of methoxy groups -OCH3 is 1. The van der Waals surface area contributed by atoms with Crippen molar-refractivity contribution < 1.29 is 28.6 Å². The fraction of sp³-hybridized carbons (Fsp3) is 0.344. The topological polar surface area (TPSA) is 150 Å². The van der Waals surface area contributed by atoms with E-state index in [0.717, 1.165) is 5.56 Å². The molecular formula is C32H34ClFN6O5S. The largest absolute Gasteiger partial charge is 0.481 e. The number of esters is 1. The van der Waals surface area contributed by atoms with Gasteiger partial charge >= 0.3 is 11.9 Å². The lowest BCUT2D eigenvalue weighted by Gasteiger charge is -2.42. The number of halogens is 2. The van der Waals surface area contributed by atoms with Crippen LogP contribution in [-0.2, 0) is 25.5 Å². The molecule has 242 valence electrons. The number of nitrogens with one attached hydrogen (secondary N) is 1. The molecular weight excluding hydrogens is 635 g/mol. The molecule has 1 saturated heterocycles. The number of nitrogens with two attached hydrogens (primary N) is 1. The van der Waals surface area contributed by atoms with Gasteiger partial charge in [-0.05, 0) is 24.1 Å². The molecule has 0 saturated carbocycles. The van der Waals surface area contributed by atoms with Gasteiger partial charge in [0, 0.05) is 67.0 Å². The molecule has 2 aliphatic rings. The first-order chi connectivity index (χ1) is 22.2.